The number of pyridine rings is 2. The molecule has 0 fully saturated rings. The fraction of sp³-hybridized carbons (Fsp3) is 0.243. The van der Waals surface area contributed by atoms with Crippen LogP contribution in [0.3, 0.4) is 0 Å². The van der Waals surface area contributed by atoms with E-state index in [2.05, 4.69) is 27.8 Å². The Morgan fingerprint density at radius 3 is 2.62 bits per heavy atom. The third-order valence-corrected chi connectivity index (χ3v) is 9.60. The minimum absolute atomic E-state index is 0.110. The van der Waals surface area contributed by atoms with Gasteiger partial charge in [0.25, 0.3) is 16.0 Å². The lowest BCUT2D eigenvalue weighted by Gasteiger charge is -2.22. The minimum Gasteiger partial charge on any atom is -0.491 e. The zero-order valence-corrected chi connectivity index (χ0v) is 29.0. The molecule has 4 aromatic rings. The average molecular weight is 714 g/mol. The van der Waals surface area contributed by atoms with Crippen LogP contribution in [0.5, 0.6) is 5.75 Å². The Morgan fingerprint density at radius 2 is 1.82 bits per heavy atom. The summed E-state index contributed by atoms with van der Waals surface area (Å²) in [4.78, 5) is 37.6. The van der Waals surface area contributed by atoms with E-state index in [0.717, 1.165) is 10.6 Å². The van der Waals surface area contributed by atoms with Gasteiger partial charge in [-0.05, 0) is 73.4 Å². The average Bonchev–Trinajstić information content (AvgIpc) is 3.12. The number of ether oxygens (including phenoxy) is 1. The first-order valence-corrected chi connectivity index (χ1v) is 18.7. The molecule has 3 N–H and O–H groups in total. The van der Waals surface area contributed by atoms with Gasteiger partial charge in [-0.25, -0.2) is 9.97 Å². The predicted octanol–water partition coefficient (Wildman–Crippen LogP) is 5.98. The molecule has 2 aromatic carbocycles. The van der Waals surface area contributed by atoms with Crippen LogP contribution < -0.4 is 15.4 Å². The summed E-state index contributed by atoms with van der Waals surface area (Å²) in [6.45, 7) is 2.40. The Hall–Kier alpha value is -4.98. The summed E-state index contributed by atoms with van der Waals surface area (Å²) in [5.41, 5.74) is 2.35. The SMILES string of the molecule is O=C(NCCCN1CCCOc2ccc(CSc3ccccc3)nc2C=CC1=O)c1ccc(NCC/C=C/c2ccccc2S(=O)(=O)O)nc1. The van der Waals surface area contributed by atoms with Gasteiger partial charge >= 0.3 is 0 Å². The van der Waals surface area contributed by atoms with Crippen LogP contribution in [-0.4, -0.2) is 72.4 Å². The van der Waals surface area contributed by atoms with Gasteiger partial charge in [-0.2, -0.15) is 8.42 Å². The molecule has 5 rings (SSSR count). The molecule has 3 heterocycles. The van der Waals surface area contributed by atoms with Crippen molar-refractivity contribution in [1.82, 2.24) is 20.2 Å². The lowest BCUT2D eigenvalue weighted by molar-refractivity contribution is -0.126. The van der Waals surface area contributed by atoms with Crippen molar-refractivity contribution in [3.8, 4) is 5.75 Å². The molecule has 13 heteroatoms. The number of thioether (sulfide) groups is 1. The number of carbonyl (C=O) groups excluding carboxylic acids is 2. The molecule has 0 saturated heterocycles. The van der Waals surface area contributed by atoms with E-state index < -0.39 is 10.1 Å². The summed E-state index contributed by atoms with van der Waals surface area (Å²) in [7, 11) is -4.30. The largest absolute Gasteiger partial charge is 0.491 e. The Bertz CT molecular complexity index is 1920. The van der Waals surface area contributed by atoms with Crippen LogP contribution in [0, 0.1) is 0 Å². The molecule has 260 valence electrons. The number of amides is 2. The van der Waals surface area contributed by atoms with Gasteiger partial charge < -0.3 is 20.3 Å². The second kappa shape index (κ2) is 18.1. The number of aromatic nitrogens is 2. The van der Waals surface area contributed by atoms with Crippen molar-refractivity contribution >= 4 is 51.7 Å². The number of rotatable bonds is 14. The summed E-state index contributed by atoms with van der Waals surface area (Å²) in [5, 5.41) is 6.05. The number of fused-ring (bicyclic) bond motifs is 1. The molecule has 0 saturated carbocycles. The lowest BCUT2D eigenvalue weighted by Crippen LogP contribution is -2.35. The molecule has 0 atom stereocenters. The first-order chi connectivity index (χ1) is 24.3. The van der Waals surface area contributed by atoms with Crippen LogP contribution in [0.4, 0.5) is 5.82 Å². The third kappa shape index (κ3) is 11.0. The van der Waals surface area contributed by atoms with Gasteiger partial charge in [-0.3, -0.25) is 14.1 Å². The molecule has 1 aliphatic heterocycles. The molecule has 50 heavy (non-hydrogen) atoms. The van der Waals surface area contributed by atoms with Gasteiger partial charge in [-0.15, -0.1) is 11.8 Å². The predicted molar refractivity (Wildman–Crippen MR) is 196 cm³/mol. The van der Waals surface area contributed by atoms with Crippen molar-refractivity contribution in [2.24, 2.45) is 0 Å². The first kappa shape index (κ1) is 36.3. The van der Waals surface area contributed by atoms with Gasteiger partial charge in [0.2, 0.25) is 5.91 Å². The van der Waals surface area contributed by atoms with Crippen molar-refractivity contribution in [1.29, 1.82) is 0 Å². The third-order valence-electron chi connectivity index (χ3n) is 7.63. The number of carbonyl (C=O) groups is 2. The lowest BCUT2D eigenvalue weighted by atomic mass is 10.2. The van der Waals surface area contributed by atoms with Crippen LogP contribution >= 0.6 is 11.8 Å². The standard InChI is InChI=1S/C37H39N5O6S2/c43-36-20-17-32-33(18-16-30(41-32)27-49-31-12-2-1-3-13-31)48-25-9-24-42(36)23-8-22-39-37(44)29-15-19-35(40-26-29)38-21-7-6-11-28-10-4-5-14-34(28)50(45,46)47/h1-6,10-20,26H,7-9,21-25,27H2,(H,38,40)(H,39,44)(H,45,46,47)/b11-6+,20-17?. The highest BCUT2D eigenvalue weighted by Gasteiger charge is 2.15. The van der Waals surface area contributed by atoms with Crippen molar-refractivity contribution in [2.45, 2.75) is 34.8 Å². The Morgan fingerprint density at radius 1 is 1.00 bits per heavy atom. The molecule has 0 aliphatic carbocycles. The highest BCUT2D eigenvalue weighted by atomic mass is 32.2. The van der Waals surface area contributed by atoms with E-state index in [4.69, 9.17) is 9.72 Å². The Kier molecular flexibility index (Phi) is 13.2. The fourth-order valence-corrected chi connectivity index (χ4v) is 6.59. The van der Waals surface area contributed by atoms with Crippen LogP contribution in [0.2, 0.25) is 0 Å². The Labute approximate surface area is 296 Å². The zero-order valence-electron chi connectivity index (χ0n) is 27.4. The van der Waals surface area contributed by atoms with E-state index in [1.54, 1.807) is 65.2 Å². The van der Waals surface area contributed by atoms with Crippen LogP contribution in [0.1, 0.15) is 46.6 Å². The van der Waals surface area contributed by atoms with Gasteiger partial charge in [-0.1, -0.05) is 48.6 Å². The molecule has 2 aromatic heterocycles. The normalized spacial score (nSPS) is 13.5. The summed E-state index contributed by atoms with van der Waals surface area (Å²) in [6, 6.07) is 23.6. The number of benzene rings is 2. The smallest absolute Gasteiger partial charge is 0.295 e. The second-order valence-electron chi connectivity index (χ2n) is 11.3. The quantitative estimate of drug-likeness (QED) is 0.0810. The molecular formula is C37H39N5O6S2. The van der Waals surface area contributed by atoms with Crippen molar-refractivity contribution < 1.29 is 27.3 Å². The number of hydrogen-bond acceptors (Lipinski definition) is 9. The zero-order chi connectivity index (χ0) is 35.2. The number of nitrogens with zero attached hydrogens (tertiary/aromatic N) is 3. The molecule has 0 unspecified atom stereocenters. The maximum absolute atomic E-state index is 13.1. The summed E-state index contributed by atoms with van der Waals surface area (Å²) >= 11 is 1.70. The molecule has 2 amide bonds. The number of anilines is 1. The molecule has 11 nitrogen and oxygen atoms in total. The molecule has 0 radical (unpaired) electrons. The number of nitrogens with one attached hydrogen (secondary N) is 2. The van der Waals surface area contributed by atoms with Gasteiger partial charge in [0, 0.05) is 49.1 Å². The van der Waals surface area contributed by atoms with E-state index in [1.165, 1.54) is 18.3 Å². The van der Waals surface area contributed by atoms with Crippen LogP contribution in [-0.2, 0) is 20.7 Å². The van der Waals surface area contributed by atoms with E-state index in [1.807, 2.05) is 30.3 Å². The van der Waals surface area contributed by atoms with Crippen LogP contribution in [0.15, 0.2) is 107 Å². The highest BCUT2D eigenvalue weighted by Crippen LogP contribution is 2.25. The van der Waals surface area contributed by atoms with E-state index >= 15 is 0 Å². The van der Waals surface area contributed by atoms with E-state index in [9.17, 15) is 22.6 Å². The maximum Gasteiger partial charge on any atom is 0.295 e. The van der Waals surface area contributed by atoms with Crippen molar-refractivity contribution in [2.75, 3.05) is 38.1 Å². The topological polar surface area (TPSA) is 151 Å². The molecule has 0 spiro atoms. The molecule has 0 bridgehead atoms. The van der Waals surface area contributed by atoms with Crippen molar-refractivity contribution in [3.63, 3.8) is 0 Å². The Balaban J connectivity index is 1.04. The van der Waals surface area contributed by atoms with E-state index in [0.29, 0.717) is 86.2 Å². The van der Waals surface area contributed by atoms with Crippen molar-refractivity contribution in [3.05, 3.63) is 120 Å². The van der Waals surface area contributed by atoms with Crippen LogP contribution in [0.25, 0.3) is 12.2 Å². The van der Waals surface area contributed by atoms with Gasteiger partial charge in [0.15, 0.2) is 0 Å². The fourth-order valence-electron chi connectivity index (χ4n) is 5.08. The molecule has 1 aliphatic rings. The molecular weight excluding hydrogens is 675 g/mol. The second-order valence-corrected chi connectivity index (χ2v) is 13.8. The summed E-state index contributed by atoms with van der Waals surface area (Å²) < 4.78 is 38.4. The van der Waals surface area contributed by atoms with E-state index in [-0.39, 0.29) is 16.7 Å². The summed E-state index contributed by atoms with van der Waals surface area (Å²) in [5.74, 6) is 1.59. The monoisotopic (exact) mass is 713 g/mol. The minimum atomic E-state index is -4.30. The first-order valence-electron chi connectivity index (χ1n) is 16.2. The summed E-state index contributed by atoms with van der Waals surface area (Å²) in [6.07, 6.45) is 10.0. The van der Waals surface area contributed by atoms with Gasteiger partial charge in [0.1, 0.15) is 22.2 Å². The maximum atomic E-state index is 13.1. The van der Waals surface area contributed by atoms with Gasteiger partial charge in [0.05, 0.1) is 17.9 Å². The highest BCUT2D eigenvalue weighted by molar-refractivity contribution is 7.98. The number of hydrogen-bond donors (Lipinski definition) is 3.